The summed E-state index contributed by atoms with van der Waals surface area (Å²) in [5, 5.41) is 0. The van der Waals surface area contributed by atoms with E-state index in [1.807, 2.05) is 48.5 Å². The quantitative estimate of drug-likeness (QED) is 0.0343. The lowest BCUT2D eigenvalue weighted by Gasteiger charge is -2.35. The van der Waals surface area contributed by atoms with Crippen LogP contribution in [-0.4, -0.2) is 0 Å². The molecular weight excluding hydrogens is 1770 g/mol. The molecule has 0 saturated carbocycles. The Labute approximate surface area is 866 Å². The van der Waals surface area contributed by atoms with Gasteiger partial charge in [-0.3, -0.25) is 0 Å². The van der Waals surface area contributed by atoms with Gasteiger partial charge in [0.2, 0.25) is 0 Å². The zero-order chi connectivity index (χ0) is 102. The molecule has 0 nitrogen and oxygen atoms in total. The zero-order valence-electron chi connectivity index (χ0n) is 90.3. The third kappa shape index (κ3) is 17.3. The van der Waals surface area contributed by atoms with Gasteiger partial charge in [0.15, 0.2) is 0 Å². The number of benzene rings is 14. The molecule has 0 bridgehead atoms. The van der Waals surface area contributed by atoms with Crippen LogP contribution >= 0.6 is 0 Å². The van der Waals surface area contributed by atoms with Gasteiger partial charge in [0.05, 0.1) is 0 Å². The van der Waals surface area contributed by atoms with E-state index in [1.165, 1.54) is 134 Å². The molecule has 145 heavy (non-hydrogen) atoms. The first-order chi connectivity index (χ1) is 69.4. The number of hydrogen-bond acceptors (Lipinski definition) is 0. The molecule has 0 amide bonds. The fraction of sp³-hybridized carbons (Fsp3) is 0.404. The van der Waals surface area contributed by atoms with Gasteiger partial charge in [-0.15, -0.1) is 0 Å². The molecule has 0 aromatic heterocycles. The molecule has 0 N–H and O–H groups in total. The highest BCUT2D eigenvalue weighted by Gasteiger charge is 2.53. The summed E-state index contributed by atoms with van der Waals surface area (Å²) in [5.74, 6) is -1.34. The number of rotatable bonds is 36. The van der Waals surface area contributed by atoms with Crippen LogP contribution in [0, 0.1) is 59.2 Å². The molecule has 0 atom stereocenters. The summed E-state index contributed by atoms with van der Waals surface area (Å²) in [6.45, 7) is 47.2. The SMILES string of the molecule is CC(C)CCC1(CCC(C)C)c2ccccc2-c2ccc(-c3ccc4c(c3)C(F)(F)c3cc(-c5ccc6c(c5)C(CCC(C)C)(CCC(C)C)c5cc(-c7ccc8c(c7)C(CCC(C)C)(CCC(C)C)c7cc(-c9ccc%10c(c9)C(CCC(C)C)(CCC(C)C)c9cc(-c%11ccc%12c(c%11)C(F)(F)c%11cc(-c%13ccc%14c(c%13)C(CCC(C)C)(CCC(C)C)c%13ccccc%13-%14)ccc%11-%12)ccc9-%10)ccc7-8)ccc5-6)ccc3-4)cc21. The lowest BCUT2D eigenvalue weighted by Crippen LogP contribution is -2.27. The van der Waals surface area contributed by atoms with Crippen LogP contribution in [0.1, 0.15) is 345 Å². The van der Waals surface area contributed by atoms with Gasteiger partial charge < -0.3 is 0 Å². The van der Waals surface area contributed by atoms with Gasteiger partial charge in [-0.25, -0.2) is 0 Å². The van der Waals surface area contributed by atoms with Crippen LogP contribution in [0.5, 0.6) is 0 Å². The second-order valence-corrected chi connectivity index (χ2v) is 50.1. The first-order valence-electron chi connectivity index (χ1n) is 56.2. The molecule has 14 aromatic carbocycles. The molecule has 0 spiro atoms. The van der Waals surface area contributed by atoms with Crippen LogP contribution in [0.15, 0.2) is 267 Å². The summed E-state index contributed by atoms with van der Waals surface area (Å²) in [6.07, 6.45) is 21.0. The van der Waals surface area contributed by atoms with Crippen molar-refractivity contribution in [3.8, 4) is 145 Å². The normalized spacial score (nSPS) is 16.0. The Morgan fingerprint density at radius 2 is 0.248 bits per heavy atom. The van der Waals surface area contributed by atoms with Crippen molar-refractivity contribution in [2.45, 2.75) is 306 Å². The van der Waals surface area contributed by atoms with E-state index in [2.05, 4.69) is 357 Å². The predicted molar refractivity (Wildman–Crippen MR) is 608 cm³/mol. The van der Waals surface area contributed by atoms with Crippen molar-refractivity contribution in [3.63, 3.8) is 0 Å². The van der Waals surface area contributed by atoms with Gasteiger partial charge in [0.1, 0.15) is 0 Å². The highest BCUT2D eigenvalue weighted by Crippen LogP contribution is 2.65. The lowest BCUT2D eigenvalue weighted by molar-refractivity contribution is 0.0475. The fourth-order valence-electron chi connectivity index (χ4n) is 27.7. The lowest BCUT2D eigenvalue weighted by atomic mass is 9.68. The summed E-state index contributed by atoms with van der Waals surface area (Å²) in [5.41, 5.74) is 40.7. The van der Waals surface area contributed by atoms with Crippen LogP contribution in [0.25, 0.3) is 145 Å². The molecule has 7 aliphatic rings. The Morgan fingerprint density at radius 1 is 0.138 bits per heavy atom. The van der Waals surface area contributed by atoms with E-state index >= 15 is 17.6 Å². The van der Waals surface area contributed by atoms with Crippen molar-refractivity contribution < 1.29 is 17.6 Å². The molecule has 0 heterocycles. The number of hydrogen-bond donors (Lipinski definition) is 0. The van der Waals surface area contributed by atoms with Gasteiger partial charge in [-0.2, -0.15) is 17.6 Å². The average Bonchev–Trinajstić information content (AvgIpc) is 1.55. The van der Waals surface area contributed by atoms with E-state index in [4.69, 9.17) is 0 Å². The third-order valence-electron chi connectivity index (χ3n) is 36.1. The molecular formula is C141H154F4. The minimum atomic E-state index is -3.21. The monoisotopic (exact) mass is 1920 g/mol. The van der Waals surface area contributed by atoms with Crippen LogP contribution in [-0.2, 0) is 38.9 Å². The van der Waals surface area contributed by atoms with Gasteiger partial charge >= 0.3 is 0 Å². The van der Waals surface area contributed by atoms with Gasteiger partial charge in [0, 0.05) is 49.3 Å². The second-order valence-electron chi connectivity index (χ2n) is 50.1. The smallest absolute Gasteiger partial charge is 0.196 e. The molecule has 4 heteroatoms. The molecule has 7 aliphatic carbocycles. The van der Waals surface area contributed by atoms with E-state index in [9.17, 15) is 0 Å². The summed E-state index contributed by atoms with van der Waals surface area (Å²) in [6, 6.07) is 99.2. The predicted octanol–water partition coefficient (Wildman–Crippen LogP) is 41.6. The topological polar surface area (TPSA) is 0 Å². The maximum atomic E-state index is 18.0. The molecule has 0 fully saturated rings. The Hall–Kier alpha value is -11.2. The Bertz CT molecular complexity index is 6840. The fourth-order valence-corrected chi connectivity index (χ4v) is 27.7. The van der Waals surface area contributed by atoms with Crippen molar-refractivity contribution in [1.29, 1.82) is 0 Å². The van der Waals surface area contributed by atoms with E-state index in [0.717, 1.165) is 173 Å². The maximum Gasteiger partial charge on any atom is 0.299 e. The zero-order valence-corrected chi connectivity index (χ0v) is 90.3. The van der Waals surface area contributed by atoms with E-state index in [0.29, 0.717) is 81.4 Å². The number of halogens is 4. The summed E-state index contributed by atoms with van der Waals surface area (Å²) >= 11 is 0. The minimum absolute atomic E-state index is 0.0833. The first kappa shape index (κ1) is 99.8. The highest BCUT2D eigenvalue weighted by atomic mass is 19.3. The first-order valence-corrected chi connectivity index (χ1v) is 56.2. The van der Waals surface area contributed by atoms with Crippen molar-refractivity contribution >= 4 is 0 Å². The summed E-state index contributed by atoms with van der Waals surface area (Å²) < 4.78 is 72.0. The van der Waals surface area contributed by atoms with E-state index in [-0.39, 0.29) is 49.3 Å². The maximum absolute atomic E-state index is 18.0. The van der Waals surface area contributed by atoms with Crippen LogP contribution in [0.4, 0.5) is 17.6 Å². The Kier molecular flexibility index (Phi) is 26.5. The van der Waals surface area contributed by atoms with Gasteiger partial charge in [-0.05, 0) is 461 Å². The average molecular weight is 1920 g/mol. The molecule has 21 rings (SSSR count). The summed E-state index contributed by atoms with van der Waals surface area (Å²) in [4.78, 5) is 0. The number of alkyl halides is 4. The number of fused-ring (bicyclic) bond motifs is 21. The van der Waals surface area contributed by atoms with Gasteiger partial charge in [-0.1, -0.05) is 333 Å². The van der Waals surface area contributed by atoms with Gasteiger partial charge in [0.25, 0.3) is 11.8 Å². The van der Waals surface area contributed by atoms with E-state index < -0.39 is 11.8 Å². The molecule has 746 valence electrons. The highest BCUT2D eigenvalue weighted by molar-refractivity contribution is 5.95. The summed E-state index contributed by atoms with van der Waals surface area (Å²) in [7, 11) is 0. The third-order valence-corrected chi connectivity index (χ3v) is 36.1. The standard InChI is InChI=1S/C141H154F4/c1-85(2)53-63-135(64-54-86(3)4)121-27-23-21-25-107(121)109-41-29-99(73-123(109)135)103-37-49-117-119-51-39-105(83-133(119)140(142,143)131(117)81-103)101-35-47-115-113-45-33-97(77-127(113)138(129(115)79-101,69-59-91(13)14)70-60-92(15)16)95-31-43-111-112-44-32-96(76-126(112)137(125(111)75-95,67-57-89(9)10)68-58-90(11)12)98-34-46-114-116-48-36-102(80-130(116)139(128(114)78-98,71-61-93(17)18)72-62-94(19)20)106-40-52-120-118-50-38-104(82-132(118)141(144,145)134(120)84-106)100-30-42-110-108-26-22-24-28-122(108)136(124(110)74-100,65-55-87(5)6)66-56-88(7)8/h21-52,73-94H,53-72H2,1-20H3. The molecule has 0 radical (unpaired) electrons. The van der Waals surface area contributed by atoms with Crippen molar-refractivity contribution in [1.82, 2.24) is 0 Å². The van der Waals surface area contributed by atoms with Crippen molar-refractivity contribution in [2.75, 3.05) is 0 Å². The Morgan fingerprint density at radius 3 is 0.386 bits per heavy atom. The van der Waals surface area contributed by atoms with Crippen molar-refractivity contribution in [3.05, 3.63) is 345 Å². The molecule has 0 saturated heterocycles. The van der Waals surface area contributed by atoms with Crippen LogP contribution < -0.4 is 0 Å². The van der Waals surface area contributed by atoms with Crippen LogP contribution in [0.3, 0.4) is 0 Å². The van der Waals surface area contributed by atoms with E-state index in [1.54, 1.807) is 0 Å². The molecule has 14 aromatic rings. The minimum Gasteiger partial charge on any atom is -0.196 e. The molecule has 0 unspecified atom stereocenters. The Balaban J connectivity index is 0.600. The second kappa shape index (κ2) is 38.5. The molecule has 0 aliphatic heterocycles. The van der Waals surface area contributed by atoms with Crippen molar-refractivity contribution in [2.24, 2.45) is 59.2 Å². The van der Waals surface area contributed by atoms with Crippen LogP contribution in [0.2, 0.25) is 0 Å². The largest absolute Gasteiger partial charge is 0.299 e.